The molecule has 6 nitrogen and oxygen atoms in total. The zero-order valence-corrected chi connectivity index (χ0v) is 11.4. The quantitative estimate of drug-likeness (QED) is 0.645. The zero-order chi connectivity index (χ0) is 14.0. The van der Waals surface area contributed by atoms with Crippen molar-refractivity contribution in [3.8, 4) is 0 Å². The van der Waals surface area contributed by atoms with Gasteiger partial charge in [-0.05, 0) is 12.3 Å². The molecule has 1 atom stereocenters. The predicted octanol–water partition coefficient (Wildman–Crippen LogP) is -0.0196. The lowest BCUT2D eigenvalue weighted by molar-refractivity contribution is -0.148. The van der Waals surface area contributed by atoms with Crippen LogP contribution in [0.2, 0.25) is 0 Å². The second kappa shape index (κ2) is 5.24. The lowest BCUT2D eigenvalue weighted by Gasteiger charge is -2.39. The smallest absolute Gasteiger partial charge is 0.326 e. The van der Waals surface area contributed by atoms with E-state index in [2.05, 4.69) is 10.6 Å². The molecule has 1 heterocycles. The fourth-order valence-electron chi connectivity index (χ4n) is 1.67. The van der Waals surface area contributed by atoms with Gasteiger partial charge in [0.2, 0.25) is 5.91 Å². The highest BCUT2D eigenvalue weighted by Gasteiger charge is 2.35. The summed E-state index contributed by atoms with van der Waals surface area (Å²) in [5.41, 5.74) is -0.846. The van der Waals surface area contributed by atoms with Gasteiger partial charge >= 0.3 is 5.97 Å². The van der Waals surface area contributed by atoms with Crippen molar-refractivity contribution in [1.29, 1.82) is 0 Å². The molecule has 1 unspecified atom stereocenters. The SMILES string of the molecule is CC1(OCC(=O)NC(C(=O)O)C(C)(C)C)CNC1. The summed E-state index contributed by atoms with van der Waals surface area (Å²) in [6.45, 7) is 8.52. The topological polar surface area (TPSA) is 87.7 Å². The van der Waals surface area contributed by atoms with Crippen LogP contribution < -0.4 is 10.6 Å². The Labute approximate surface area is 107 Å². The summed E-state index contributed by atoms with van der Waals surface area (Å²) in [5.74, 6) is -1.43. The predicted molar refractivity (Wildman–Crippen MR) is 66.2 cm³/mol. The highest BCUT2D eigenvalue weighted by atomic mass is 16.5. The van der Waals surface area contributed by atoms with E-state index in [-0.39, 0.29) is 12.2 Å². The molecule has 104 valence electrons. The summed E-state index contributed by atoms with van der Waals surface area (Å²) >= 11 is 0. The van der Waals surface area contributed by atoms with Gasteiger partial charge in [-0.3, -0.25) is 4.79 Å². The molecular formula is C12H22N2O4. The van der Waals surface area contributed by atoms with Gasteiger partial charge in [0.25, 0.3) is 0 Å². The minimum atomic E-state index is -1.03. The third-order valence-corrected chi connectivity index (χ3v) is 2.97. The number of carboxylic acid groups (broad SMARTS) is 1. The van der Waals surface area contributed by atoms with Crippen molar-refractivity contribution in [3.63, 3.8) is 0 Å². The van der Waals surface area contributed by atoms with Crippen LogP contribution in [0.1, 0.15) is 27.7 Å². The van der Waals surface area contributed by atoms with Crippen LogP contribution in [-0.4, -0.2) is 48.3 Å². The Morgan fingerprint density at radius 1 is 1.44 bits per heavy atom. The van der Waals surface area contributed by atoms with Crippen LogP contribution >= 0.6 is 0 Å². The van der Waals surface area contributed by atoms with Gasteiger partial charge in [-0.25, -0.2) is 4.79 Å². The van der Waals surface area contributed by atoms with Gasteiger partial charge in [0, 0.05) is 13.1 Å². The zero-order valence-electron chi connectivity index (χ0n) is 11.4. The highest BCUT2D eigenvalue weighted by molar-refractivity contribution is 5.84. The normalized spacial score (nSPS) is 19.8. The van der Waals surface area contributed by atoms with Crippen molar-refractivity contribution in [2.45, 2.75) is 39.3 Å². The molecule has 3 N–H and O–H groups in total. The van der Waals surface area contributed by atoms with E-state index in [0.29, 0.717) is 13.1 Å². The van der Waals surface area contributed by atoms with Crippen molar-refractivity contribution < 1.29 is 19.4 Å². The molecule has 1 fully saturated rings. The van der Waals surface area contributed by atoms with Gasteiger partial charge in [-0.15, -0.1) is 0 Å². The van der Waals surface area contributed by atoms with E-state index in [4.69, 9.17) is 9.84 Å². The maximum atomic E-state index is 11.7. The molecule has 1 amide bonds. The first-order valence-corrected chi connectivity index (χ1v) is 6.01. The Morgan fingerprint density at radius 2 is 2.00 bits per heavy atom. The number of rotatable bonds is 5. The molecule has 0 aromatic rings. The number of aliphatic carboxylic acids is 1. The van der Waals surface area contributed by atoms with Gasteiger partial charge in [0.05, 0.1) is 5.60 Å². The second-order valence-electron chi connectivity index (χ2n) is 6.05. The molecule has 1 aliphatic rings. The number of carboxylic acids is 1. The maximum Gasteiger partial charge on any atom is 0.326 e. The summed E-state index contributed by atoms with van der Waals surface area (Å²) in [6.07, 6.45) is 0. The minimum Gasteiger partial charge on any atom is -0.480 e. The summed E-state index contributed by atoms with van der Waals surface area (Å²) in [5, 5.41) is 14.6. The summed E-state index contributed by atoms with van der Waals surface area (Å²) in [6, 6.07) is -0.916. The first kappa shape index (κ1) is 14.9. The summed E-state index contributed by atoms with van der Waals surface area (Å²) in [7, 11) is 0. The fourth-order valence-corrected chi connectivity index (χ4v) is 1.67. The van der Waals surface area contributed by atoms with Crippen LogP contribution in [0.25, 0.3) is 0 Å². The van der Waals surface area contributed by atoms with E-state index < -0.39 is 23.3 Å². The molecule has 0 aromatic carbocycles. The van der Waals surface area contributed by atoms with Gasteiger partial charge in [-0.1, -0.05) is 20.8 Å². The van der Waals surface area contributed by atoms with Crippen LogP contribution in [0.15, 0.2) is 0 Å². The van der Waals surface area contributed by atoms with Crippen LogP contribution in [0.4, 0.5) is 0 Å². The van der Waals surface area contributed by atoms with E-state index in [0.717, 1.165) is 0 Å². The molecule has 0 spiro atoms. The van der Waals surface area contributed by atoms with E-state index in [1.165, 1.54) is 0 Å². The number of carbonyl (C=O) groups excluding carboxylic acids is 1. The van der Waals surface area contributed by atoms with E-state index in [1.54, 1.807) is 20.8 Å². The van der Waals surface area contributed by atoms with Crippen molar-refractivity contribution in [1.82, 2.24) is 10.6 Å². The number of amides is 1. The molecular weight excluding hydrogens is 236 g/mol. The number of nitrogens with one attached hydrogen (secondary N) is 2. The monoisotopic (exact) mass is 258 g/mol. The van der Waals surface area contributed by atoms with Crippen molar-refractivity contribution >= 4 is 11.9 Å². The Kier molecular flexibility index (Phi) is 4.34. The van der Waals surface area contributed by atoms with Crippen LogP contribution in [-0.2, 0) is 14.3 Å². The Hall–Kier alpha value is -1.14. The lowest BCUT2D eigenvalue weighted by Crippen LogP contribution is -2.60. The average molecular weight is 258 g/mol. The van der Waals surface area contributed by atoms with Gasteiger partial charge in [0.1, 0.15) is 12.6 Å². The van der Waals surface area contributed by atoms with Crippen molar-refractivity contribution in [2.24, 2.45) is 5.41 Å². The lowest BCUT2D eigenvalue weighted by atomic mass is 9.87. The largest absolute Gasteiger partial charge is 0.480 e. The minimum absolute atomic E-state index is 0.113. The molecule has 0 saturated carbocycles. The molecule has 1 rings (SSSR count). The number of carbonyl (C=O) groups is 2. The van der Waals surface area contributed by atoms with Crippen LogP contribution in [0.3, 0.4) is 0 Å². The van der Waals surface area contributed by atoms with Gasteiger partial charge in [-0.2, -0.15) is 0 Å². The third-order valence-electron chi connectivity index (χ3n) is 2.97. The molecule has 6 heteroatoms. The van der Waals surface area contributed by atoms with Crippen LogP contribution in [0.5, 0.6) is 0 Å². The maximum absolute atomic E-state index is 11.7. The third kappa shape index (κ3) is 3.96. The number of hydrogen-bond acceptors (Lipinski definition) is 4. The Balaban J connectivity index is 2.44. The first-order chi connectivity index (χ1) is 8.14. The number of ether oxygens (including phenoxy) is 1. The molecule has 0 bridgehead atoms. The van der Waals surface area contributed by atoms with Crippen molar-refractivity contribution in [2.75, 3.05) is 19.7 Å². The summed E-state index contributed by atoms with van der Waals surface area (Å²) in [4.78, 5) is 22.8. The molecule has 1 aliphatic heterocycles. The Bertz CT molecular complexity index is 331. The number of hydrogen-bond donors (Lipinski definition) is 3. The fraction of sp³-hybridized carbons (Fsp3) is 0.833. The van der Waals surface area contributed by atoms with Gasteiger partial charge < -0.3 is 20.5 Å². The van der Waals surface area contributed by atoms with Gasteiger partial charge in [0.15, 0.2) is 0 Å². The second-order valence-corrected chi connectivity index (χ2v) is 6.05. The molecule has 1 saturated heterocycles. The molecule has 0 aliphatic carbocycles. The van der Waals surface area contributed by atoms with Crippen LogP contribution in [0, 0.1) is 5.41 Å². The van der Waals surface area contributed by atoms with E-state index >= 15 is 0 Å². The average Bonchev–Trinajstić information content (AvgIpc) is 2.18. The summed E-state index contributed by atoms with van der Waals surface area (Å²) < 4.78 is 5.45. The van der Waals surface area contributed by atoms with E-state index in [1.807, 2.05) is 6.92 Å². The first-order valence-electron chi connectivity index (χ1n) is 6.01. The molecule has 0 radical (unpaired) electrons. The standard InChI is InChI=1S/C12H22N2O4/c1-11(2,3)9(10(16)17)14-8(15)5-18-12(4)6-13-7-12/h9,13H,5-7H2,1-4H3,(H,14,15)(H,16,17). The Morgan fingerprint density at radius 3 is 2.33 bits per heavy atom. The molecule has 0 aromatic heterocycles. The highest BCUT2D eigenvalue weighted by Crippen LogP contribution is 2.19. The molecule has 18 heavy (non-hydrogen) atoms. The van der Waals surface area contributed by atoms with Crippen molar-refractivity contribution in [3.05, 3.63) is 0 Å². The van der Waals surface area contributed by atoms with E-state index in [9.17, 15) is 9.59 Å².